The molecular formula is C9H6Cl2N4O3S. The minimum atomic E-state index is -4.50. The van der Waals surface area contributed by atoms with Crippen LogP contribution in [-0.4, -0.2) is 27.9 Å². The van der Waals surface area contributed by atoms with Gasteiger partial charge in [-0.15, -0.1) is 0 Å². The molecular weight excluding hydrogens is 315 g/mol. The maximum absolute atomic E-state index is 11.3. The van der Waals surface area contributed by atoms with Crippen molar-refractivity contribution in [3.63, 3.8) is 0 Å². The zero-order valence-corrected chi connectivity index (χ0v) is 11.4. The summed E-state index contributed by atoms with van der Waals surface area (Å²) in [6.07, 6.45) is 0. The van der Waals surface area contributed by atoms with Gasteiger partial charge in [0.15, 0.2) is 5.82 Å². The molecule has 0 radical (unpaired) electrons. The summed E-state index contributed by atoms with van der Waals surface area (Å²) in [7, 11) is -4.50. The predicted molar refractivity (Wildman–Crippen MR) is 69.5 cm³/mol. The van der Waals surface area contributed by atoms with Crippen LogP contribution in [0.15, 0.2) is 23.1 Å². The number of anilines is 1. The van der Waals surface area contributed by atoms with Crippen molar-refractivity contribution in [3.8, 4) is 11.4 Å². The van der Waals surface area contributed by atoms with E-state index in [9.17, 15) is 13.0 Å². The van der Waals surface area contributed by atoms with Gasteiger partial charge in [0.05, 0.1) is 5.56 Å². The molecule has 0 aliphatic rings. The second kappa shape index (κ2) is 4.89. The monoisotopic (exact) mass is 320 g/mol. The molecule has 3 N–H and O–H groups in total. The Morgan fingerprint density at radius 3 is 2.21 bits per heavy atom. The Kier molecular flexibility index (Phi) is 3.59. The van der Waals surface area contributed by atoms with E-state index in [1.807, 2.05) is 0 Å². The van der Waals surface area contributed by atoms with Crippen molar-refractivity contribution in [2.45, 2.75) is 4.90 Å². The van der Waals surface area contributed by atoms with Crippen LogP contribution in [0.3, 0.4) is 0 Å². The molecule has 2 rings (SSSR count). The first kappa shape index (κ1) is 13.9. The highest BCUT2D eigenvalue weighted by Gasteiger charge is 2.21. The summed E-state index contributed by atoms with van der Waals surface area (Å²) in [4.78, 5) is 10.6. The summed E-state index contributed by atoms with van der Waals surface area (Å²) in [5.74, 6) is -0.143. The number of nitrogens with zero attached hydrogens (tertiary/aromatic N) is 3. The largest absolute Gasteiger partial charge is 0.398 e. The molecule has 0 aliphatic carbocycles. The van der Waals surface area contributed by atoms with E-state index in [1.54, 1.807) is 0 Å². The lowest BCUT2D eigenvalue weighted by Gasteiger charge is -2.09. The second-order valence-electron chi connectivity index (χ2n) is 3.39. The van der Waals surface area contributed by atoms with Gasteiger partial charge in [-0.3, -0.25) is 4.55 Å². The van der Waals surface area contributed by atoms with Gasteiger partial charge in [0, 0.05) is 5.69 Å². The number of nitrogens with two attached hydrogens (primary N) is 1. The number of aromatic nitrogens is 3. The Bertz CT molecular complexity index is 731. The van der Waals surface area contributed by atoms with Crippen LogP contribution in [0, 0.1) is 0 Å². The maximum Gasteiger partial charge on any atom is 0.295 e. The van der Waals surface area contributed by atoms with Crippen molar-refractivity contribution < 1.29 is 13.0 Å². The summed E-state index contributed by atoms with van der Waals surface area (Å²) >= 11 is 11.2. The van der Waals surface area contributed by atoms with Gasteiger partial charge in [-0.1, -0.05) is 6.07 Å². The molecule has 7 nitrogen and oxygen atoms in total. The Morgan fingerprint density at radius 1 is 1.11 bits per heavy atom. The lowest BCUT2D eigenvalue weighted by molar-refractivity contribution is 0.483. The molecule has 0 aliphatic heterocycles. The van der Waals surface area contributed by atoms with Crippen molar-refractivity contribution in [2.24, 2.45) is 0 Å². The SMILES string of the molecule is Nc1cccc(S(=O)(=O)O)c1-c1nc(Cl)nc(Cl)n1. The van der Waals surface area contributed by atoms with Crippen LogP contribution in [0.5, 0.6) is 0 Å². The van der Waals surface area contributed by atoms with E-state index < -0.39 is 15.0 Å². The standard InChI is InChI=1S/C9H6Cl2N4O3S/c10-8-13-7(14-9(11)15-8)6-4(12)2-1-3-5(6)19(16,17)18/h1-3H,12H2,(H,16,17,18). The lowest BCUT2D eigenvalue weighted by Crippen LogP contribution is -2.06. The summed E-state index contributed by atoms with van der Waals surface area (Å²) in [5, 5.41) is -0.445. The Morgan fingerprint density at radius 2 is 1.68 bits per heavy atom. The molecule has 1 aromatic heterocycles. The third-order valence-corrected chi connectivity index (χ3v) is 3.37. The molecule has 0 saturated carbocycles. The summed E-state index contributed by atoms with van der Waals surface area (Å²) in [5.41, 5.74) is 5.65. The number of benzene rings is 1. The van der Waals surface area contributed by atoms with E-state index in [0.29, 0.717) is 0 Å². The van der Waals surface area contributed by atoms with Crippen LogP contribution < -0.4 is 5.73 Å². The Hall–Kier alpha value is -1.48. The highest BCUT2D eigenvalue weighted by atomic mass is 35.5. The molecule has 2 aromatic rings. The van der Waals surface area contributed by atoms with E-state index in [0.717, 1.165) is 6.07 Å². The van der Waals surface area contributed by atoms with Gasteiger partial charge in [-0.2, -0.15) is 23.4 Å². The highest BCUT2D eigenvalue weighted by Crippen LogP contribution is 2.31. The minimum absolute atomic E-state index is 0.0495. The summed E-state index contributed by atoms with van der Waals surface area (Å²) in [6, 6.07) is 3.95. The fourth-order valence-electron chi connectivity index (χ4n) is 1.44. The minimum Gasteiger partial charge on any atom is -0.398 e. The van der Waals surface area contributed by atoms with Crippen molar-refractivity contribution in [2.75, 3.05) is 5.73 Å². The third kappa shape index (κ3) is 2.92. The fourth-order valence-corrected chi connectivity index (χ4v) is 2.52. The topological polar surface area (TPSA) is 119 Å². The van der Waals surface area contributed by atoms with Crippen molar-refractivity contribution in [3.05, 3.63) is 28.8 Å². The number of halogens is 2. The molecule has 19 heavy (non-hydrogen) atoms. The molecule has 100 valence electrons. The molecule has 0 spiro atoms. The van der Waals surface area contributed by atoms with Gasteiger partial charge in [-0.05, 0) is 35.3 Å². The first-order chi connectivity index (χ1) is 8.79. The predicted octanol–water partition coefficient (Wildman–Crippen LogP) is 1.67. The molecule has 0 bridgehead atoms. The smallest absolute Gasteiger partial charge is 0.295 e. The van der Waals surface area contributed by atoms with Gasteiger partial charge < -0.3 is 5.73 Å². The first-order valence-electron chi connectivity index (χ1n) is 4.72. The van der Waals surface area contributed by atoms with Gasteiger partial charge in [-0.25, -0.2) is 0 Å². The molecule has 0 fully saturated rings. The zero-order chi connectivity index (χ0) is 14.2. The number of rotatable bonds is 2. The van der Waals surface area contributed by atoms with E-state index in [-0.39, 0.29) is 27.6 Å². The number of nitrogen functional groups attached to an aromatic ring is 1. The molecule has 0 unspecified atom stereocenters. The average Bonchev–Trinajstić information content (AvgIpc) is 2.25. The fraction of sp³-hybridized carbons (Fsp3) is 0. The quantitative estimate of drug-likeness (QED) is 0.638. The Balaban J connectivity index is 2.82. The molecule has 1 heterocycles. The van der Waals surface area contributed by atoms with Crippen LogP contribution in [0.4, 0.5) is 5.69 Å². The van der Waals surface area contributed by atoms with Gasteiger partial charge in [0.2, 0.25) is 10.6 Å². The average molecular weight is 321 g/mol. The Labute approximate surface area is 118 Å². The van der Waals surface area contributed by atoms with Gasteiger partial charge in [0.1, 0.15) is 4.90 Å². The van der Waals surface area contributed by atoms with E-state index in [1.165, 1.54) is 12.1 Å². The van der Waals surface area contributed by atoms with Crippen molar-refractivity contribution in [1.82, 2.24) is 15.0 Å². The zero-order valence-electron chi connectivity index (χ0n) is 9.08. The third-order valence-electron chi connectivity index (χ3n) is 2.14. The lowest BCUT2D eigenvalue weighted by atomic mass is 10.1. The van der Waals surface area contributed by atoms with Gasteiger partial charge in [0.25, 0.3) is 10.1 Å². The summed E-state index contributed by atoms with van der Waals surface area (Å²) < 4.78 is 31.8. The number of hydrogen-bond acceptors (Lipinski definition) is 6. The molecule has 0 amide bonds. The van der Waals surface area contributed by atoms with Crippen LogP contribution in [-0.2, 0) is 10.1 Å². The van der Waals surface area contributed by atoms with Crippen LogP contribution >= 0.6 is 23.2 Å². The second-order valence-corrected chi connectivity index (χ2v) is 5.46. The molecule has 1 aromatic carbocycles. The van der Waals surface area contributed by atoms with Crippen LogP contribution in [0.2, 0.25) is 10.6 Å². The van der Waals surface area contributed by atoms with Crippen LogP contribution in [0.25, 0.3) is 11.4 Å². The van der Waals surface area contributed by atoms with Gasteiger partial charge >= 0.3 is 0 Å². The van der Waals surface area contributed by atoms with Crippen molar-refractivity contribution in [1.29, 1.82) is 0 Å². The van der Waals surface area contributed by atoms with E-state index in [4.69, 9.17) is 28.9 Å². The summed E-state index contributed by atoms with van der Waals surface area (Å²) in [6.45, 7) is 0. The van der Waals surface area contributed by atoms with Crippen LogP contribution in [0.1, 0.15) is 0 Å². The highest BCUT2D eigenvalue weighted by molar-refractivity contribution is 7.86. The first-order valence-corrected chi connectivity index (χ1v) is 6.92. The molecule has 10 heteroatoms. The van der Waals surface area contributed by atoms with E-state index in [2.05, 4.69) is 15.0 Å². The molecule has 0 saturated heterocycles. The normalized spacial score (nSPS) is 11.5. The number of hydrogen-bond donors (Lipinski definition) is 2. The van der Waals surface area contributed by atoms with Crippen molar-refractivity contribution >= 4 is 39.0 Å². The maximum atomic E-state index is 11.3. The van der Waals surface area contributed by atoms with E-state index >= 15 is 0 Å². The molecule has 0 atom stereocenters.